The number of amides is 2. The van der Waals surface area contributed by atoms with Crippen molar-refractivity contribution in [3.8, 4) is 0 Å². The van der Waals surface area contributed by atoms with Crippen molar-refractivity contribution in [2.24, 2.45) is 0 Å². The maximum absolute atomic E-state index is 13.6. The van der Waals surface area contributed by atoms with Crippen LogP contribution in [0.5, 0.6) is 0 Å². The van der Waals surface area contributed by atoms with Crippen LogP contribution in [-0.4, -0.2) is 54.6 Å². The first-order valence-corrected chi connectivity index (χ1v) is 6.59. The van der Waals surface area contributed by atoms with E-state index in [2.05, 4.69) is 0 Å². The van der Waals surface area contributed by atoms with E-state index < -0.39 is 5.82 Å². The Kier molecular flexibility index (Phi) is 4.55. The SMILES string of the molecule is CCOC(=O)N1CCN(C(=O)c2ccccc2F)CC1. The molecule has 2 rings (SSSR count). The van der Waals surface area contributed by atoms with E-state index >= 15 is 0 Å². The fourth-order valence-corrected chi connectivity index (χ4v) is 2.11. The lowest BCUT2D eigenvalue weighted by molar-refractivity contribution is 0.0567. The fraction of sp³-hybridized carbons (Fsp3) is 0.429. The lowest BCUT2D eigenvalue weighted by Crippen LogP contribution is -2.50. The predicted molar refractivity (Wildman–Crippen MR) is 70.9 cm³/mol. The van der Waals surface area contributed by atoms with E-state index in [-0.39, 0.29) is 17.6 Å². The van der Waals surface area contributed by atoms with Gasteiger partial charge in [0, 0.05) is 26.2 Å². The van der Waals surface area contributed by atoms with Crippen LogP contribution in [0.25, 0.3) is 0 Å². The van der Waals surface area contributed by atoms with Crippen molar-refractivity contribution in [1.29, 1.82) is 0 Å². The summed E-state index contributed by atoms with van der Waals surface area (Å²) >= 11 is 0. The van der Waals surface area contributed by atoms with Crippen molar-refractivity contribution in [3.05, 3.63) is 35.6 Å². The van der Waals surface area contributed by atoms with Crippen LogP contribution in [0.15, 0.2) is 24.3 Å². The van der Waals surface area contributed by atoms with Gasteiger partial charge in [-0.2, -0.15) is 0 Å². The van der Waals surface area contributed by atoms with Crippen molar-refractivity contribution in [2.75, 3.05) is 32.8 Å². The Bertz CT molecular complexity index is 499. The minimum absolute atomic E-state index is 0.0667. The van der Waals surface area contributed by atoms with Gasteiger partial charge in [0.2, 0.25) is 0 Å². The van der Waals surface area contributed by atoms with E-state index in [1.165, 1.54) is 12.1 Å². The fourth-order valence-electron chi connectivity index (χ4n) is 2.11. The van der Waals surface area contributed by atoms with Crippen molar-refractivity contribution in [1.82, 2.24) is 9.80 Å². The Hall–Kier alpha value is -2.11. The Labute approximate surface area is 116 Å². The third-order valence-electron chi connectivity index (χ3n) is 3.20. The Balaban J connectivity index is 1.96. The van der Waals surface area contributed by atoms with Gasteiger partial charge < -0.3 is 14.5 Å². The number of piperazine rings is 1. The second-order valence-electron chi connectivity index (χ2n) is 4.46. The molecule has 2 amide bonds. The van der Waals surface area contributed by atoms with Gasteiger partial charge in [-0.15, -0.1) is 0 Å². The zero-order valence-corrected chi connectivity index (χ0v) is 11.3. The molecule has 1 saturated heterocycles. The van der Waals surface area contributed by atoms with Crippen LogP contribution in [0.1, 0.15) is 17.3 Å². The number of hydrogen-bond acceptors (Lipinski definition) is 3. The van der Waals surface area contributed by atoms with Crippen LogP contribution < -0.4 is 0 Å². The maximum Gasteiger partial charge on any atom is 0.409 e. The van der Waals surface area contributed by atoms with Gasteiger partial charge in [0.1, 0.15) is 5.82 Å². The number of benzene rings is 1. The number of halogens is 1. The van der Waals surface area contributed by atoms with Gasteiger partial charge >= 0.3 is 6.09 Å². The highest BCUT2D eigenvalue weighted by Crippen LogP contribution is 2.12. The molecule has 0 aromatic heterocycles. The summed E-state index contributed by atoms with van der Waals surface area (Å²) in [6.45, 7) is 3.64. The number of ether oxygens (including phenoxy) is 1. The maximum atomic E-state index is 13.6. The molecular weight excluding hydrogens is 263 g/mol. The first-order chi connectivity index (χ1) is 9.63. The molecule has 0 N–H and O–H groups in total. The quantitative estimate of drug-likeness (QED) is 0.829. The third kappa shape index (κ3) is 3.07. The Morgan fingerprint density at radius 3 is 2.35 bits per heavy atom. The van der Waals surface area contributed by atoms with E-state index in [0.29, 0.717) is 32.8 Å². The molecule has 0 spiro atoms. The molecule has 0 bridgehead atoms. The van der Waals surface area contributed by atoms with Crippen molar-refractivity contribution < 1.29 is 18.7 Å². The summed E-state index contributed by atoms with van der Waals surface area (Å²) in [5.74, 6) is -0.864. The summed E-state index contributed by atoms with van der Waals surface area (Å²) in [5.41, 5.74) is 0.0667. The first-order valence-electron chi connectivity index (χ1n) is 6.59. The minimum Gasteiger partial charge on any atom is -0.450 e. The Morgan fingerprint density at radius 1 is 1.15 bits per heavy atom. The van der Waals surface area contributed by atoms with Crippen LogP contribution in [0, 0.1) is 5.82 Å². The van der Waals surface area contributed by atoms with Gasteiger partial charge in [-0.25, -0.2) is 9.18 Å². The summed E-state index contributed by atoms with van der Waals surface area (Å²) in [7, 11) is 0. The molecular formula is C14H17FN2O3. The van der Waals surface area contributed by atoms with Crippen molar-refractivity contribution >= 4 is 12.0 Å². The van der Waals surface area contributed by atoms with Gasteiger partial charge in [0.15, 0.2) is 0 Å². The van der Waals surface area contributed by atoms with Crippen LogP contribution in [0.3, 0.4) is 0 Å². The molecule has 1 aliphatic rings. The normalized spacial score (nSPS) is 15.1. The lowest BCUT2D eigenvalue weighted by Gasteiger charge is -2.34. The lowest BCUT2D eigenvalue weighted by atomic mass is 10.1. The van der Waals surface area contributed by atoms with Crippen molar-refractivity contribution in [2.45, 2.75) is 6.92 Å². The van der Waals surface area contributed by atoms with Crippen LogP contribution >= 0.6 is 0 Å². The van der Waals surface area contributed by atoms with Gasteiger partial charge in [0.25, 0.3) is 5.91 Å². The zero-order valence-electron chi connectivity index (χ0n) is 11.3. The molecule has 5 nitrogen and oxygen atoms in total. The second kappa shape index (κ2) is 6.36. The van der Waals surface area contributed by atoms with Gasteiger partial charge in [0.05, 0.1) is 12.2 Å². The average Bonchev–Trinajstić information content (AvgIpc) is 2.47. The molecule has 1 aliphatic heterocycles. The highest BCUT2D eigenvalue weighted by molar-refractivity contribution is 5.94. The second-order valence-corrected chi connectivity index (χ2v) is 4.46. The summed E-state index contributed by atoms with van der Waals surface area (Å²) < 4.78 is 18.5. The monoisotopic (exact) mass is 280 g/mol. The smallest absolute Gasteiger partial charge is 0.409 e. The standard InChI is InChI=1S/C14H17FN2O3/c1-2-20-14(19)17-9-7-16(8-10-17)13(18)11-5-3-4-6-12(11)15/h3-6H,2,7-10H2,1H3. The highest BCUT2D eigenvalue weighted by Gasteiger charge is 2.26. The molecule has 108 valence electrons. The van der Waals surface area contributed by atoms with Gasteiger partial charge in [-0.05, 0) is 19.1 Å². The molecule has 0 unspecified atom stereocenters. The summed E-state index contributed by atoms with van der Waals surface area (Å²) in [6, 6.07) is 5.91. The molecule has 1 heterocycles. The number of nitrogens with zero attached hydrogens (tertiary/aromatic N) is 2. The minimum atomic E-state index is -0.523. The molecule has 6 heteroatoms. The topological polar surface area (TPSA) is 49.9 Å². The molecule has 0 saturated carbocycles. The molecule has 20 heavy (non-hydrogen) atoms. The number of hydrogen-bond donors (Lipinski definition) is 0. The third-order valence-corrected chi connectivity index (χ3v) is 3.20. The van der Waals surface area contributed by atoms with E-state index in [1.54, 1.807) is 28.9 Å². The molecule has 0 atom stereocenters. The van der Waals surface area contributed by atoms with E-state index in [0.717, 1.165) is 0 Å². The van der Waals surface area contributed by atoms with E-state index in [1.807, 2.05) is 0 Å². The first kappa shape index (κ1) is 14.3. The predicted octanol–water partition coefficient (Wildman–Crippen LogP) is 1.74. The largest absolute Gasteiger partial charge is 0.450 e. The molecule has 1 aromatic rings. The molecule has 1 aromatic carbocycles. The van der Waals surface area contributed by atoms with Crippen LogP contribution in [-0.2, 0) is 4.74 Å². The highest BCUT2D eigenvalue weighted by atomic mass is 19.1. The van der Waals surface area contributed by atoms with Crippen LogP contribution in [0.4, 0.5) is 9.18 Å². The Morgan fingerprint density at radius 2 is 1.75 bits per heavy atom. The molecule has 0 radical (unpaired) electrons. The van der Waals surface area contributed by atoms with Gasteiger partial charge in [-0.3, -0.25) is 4.79 Å². The number of carbonyl (C=O) groups excluding carboxylic acids is 2. The number of carbonyl (C=O) groups is 2. The molecule has 0 aliphatic carbocycles. The summed E-state index contributed by atoms with van der Waals surface area (Å²) in [4.78, 5) is 26.8. The summed E-state index contributed by atoms with van der Waals surface area (Å²) in [6.07, 6.45) is -0.370. The average molecular weight is 280 g/mol. The van der Waals surface area contributed by atoms with Crippen molar-refractivity contribution in [3.63, 3.8) is 0 Å². The van der Waals surface area contributed by atoms with Crippen LogP contribution in [0.2, 0.25) is 0 Å². The van der Waals surface area contributed by atoms with E-state index in [9.17, 15) is 14.0 Å². The van der Waals surface area contributed by atoms with E-state index in [4.69, 9.17) is 4.74 Å². The molecule has 1 fully saturated rings. The number of rotatable bonds is 2. The zero-order chi connectivity index (χ0) is 14.5. The van der Waals surface area contributed by atoms with Gasteiger partial charge in [-0.1, -0.05) is 12.1 Å². The summed E-state index contributed by atoms with van der Waals surface area (Å²) in [5, 5.41) is 0.